The summed E-state index contributed by atoms with van der Waals surface area (Å²) in [5, 5.41) is 15.1. The Balaban J connectivity index is 1.57. The van der Waals surface area contributed by atoms with Crippen LogP contribution in [-0.4, -0.2) is 39.4 Å². The minimum absolute atomic E-state index is 0.106. The Kier molecular flexibility index (Phi) is 8.70. The van der Waals surface area contributed by atoms with Gasteiger partial charge >= 0.3 is 0 Å². The summed E-state index contributed by atoms with van der Waals surface area (Å²) in [4.78, 5) is 25.0. The monoisotopic (exact) mass is 481 g/mol. The zero-order chi connectivity index (χ0) is 24.7. The number of hydrogen-bond donors (Lipinski definition) is 2. The van der Waals surface area contributed by atoms with Gasteiger partial charge in [0.05, 0.1) is 25.3 Å². The molecule has 1 atom stereocenters. The summed E-state index contributed by atoms with van der Waals surface area (Å²) in [5.74, 6) is 1.40. The van der Waals surface area contributed by atoms with Gasteiger partial charge in [0.2, 0.25) is 11.8 Å². The van der Waals surface area contributed by atoms with Crippen molar-refractivity contribution in [3.63, 3.8) is 0 Å². The van der Waals surface area contributed by atoms with Crippen LogP contribution in [0.3, 0.4) is 0 Å². The molecule has 0 aliphatic heterocycles. The first-order valence-corrected chi connectivity index (χ1v) is 12.1. The summed E-state index contributed by atoms with van der Waals surface area (Å²) in [6.07, 6.45) is 0.259. The minimum Gasteiger partial charge on any atom is -0.497 e. The number of anilines is 1. The molecule has 2 amide bonds. The van der Waals surface area contributed by atoms with Crippen LogP contribution in [0.2, 0.25) is 0 Å². The van der Waals surface area contributed by atoms with E-state index in [0.717, 1.165) is 28.1 Å². The molecule has 34 heavy (non-hydrogen) atoms. The van der Waals surface area contributed by atoms with Gasteiger partial charge in [0.25, 0.3) is 0 Å². The molecule has 3 rings (SSSR count). The van der Waals surface area contributed by atoms with Gasteiger partial charge < -0.3 is 19.9 Å². The average molecular weight is 482 g/mol. The lowest BCUT2D eigenvalue weighted by molar-refractivity contribution is -0.121. The van der Waals surface area contributed by atoms with Gasteiger partial charge in [0.15, 0.2) is 11.0 Å². The fourth-order valence-electron chi connectivity index (χ4n) is 3.68. The van der Waals surface area contributed by atoms with E-state index in [4.69, 9.17) is 4.74 Å². The number of carbonyl (C=O) groups is 2. The summed E-state index contributed by atoms with van der Waals surface area (Å²) in [6, 6.07) is 13.0. The fraction of sp³-hybridized carbons (Fsp3) is 0.360. The normalized spacial score (nSPS) is 11.7. The van der Waals surface area contributed by atoms with Gasteiger partial charge in [-0.05, 0) is 68.7 Å². The van der Waals surface area contributed by atoms with E-state index >= 15 is 0 Å². The molecule has 1 aromatic heterocycles. The molecule has 0 aliphatic rings. The molecule has 0 bridgehead atoms. The quantitative estimate of drug-likeness (QED) is 0.424. The van der Waals surface area contributed by atoms with Gasteiger partial charge in [-0.2, -0.15) is 0 Å². The number of aryl methyl sites for hydroxylation is 2. The largest absolute Gasteiger partial charge is 0.497 e. The van der Waals surface area contributed by atoms with Gasteiger partial charge in [0, 0.05) is 12.2 Å². The average Bonchev–Trinajstić information content (AvgIpc) is 3.20. The lowest BCUT2D eigenvalue weighted by Crippen LogP contribution is -2.30. The summed E-state index contributed by atoms with van der Waals surface area (Å²) >= 11 is 1.32. The SMILES string of the molecule is CCn1c(SCC(=O)Nc2cc(C)cc(C)c2)nnc1C(C)NC(=O)Cc1ccc(OC)cc1. The van der Waals surface area contributed by atoms with Crippen LogP contribution in [-0.2, 0) is 22.6 Å². The van der Waals surface area contributed by atoms with Gasteiger partial charge in [-0.3, -0.25) is 9.59 Å². The van der Waals surface area contributed by atoms with Crippen LogP contribution >= 0.6 is 11.8 Å². The summed E-state index contributed by atoms with van der Waals surface area (Å²) in [5.41, 5.74) is 3.88. The van der Waals surface area contributed by atoms with Crippen LogP contribution < -0.4 is 15.4 Å². The number of methoxy groups -OCH3 is 1. The van der Waals surface area contributed by atoms with Crippen molar-refractivity contribution in [1.82, 2.24) is 20.1 Å². The highest BCUT2D eigenvalue weighted by atomic mass is 32.2. The van der Waals surface area contributed by atoms with E-state index in [2.05, 4.69) is 26.9 Å². The van der Waals surface area contributed by atoms with Gasteiger partial charge in [-0.1, -0.05) is 30.0 Å². The molecule has 3 aromatic rings. The Hall–Kier alpha value is -3.33. The van der Waals surface area contributed by atoms with E-state index in [-0.39, 0.29) is 30.0 Å². The van der Waals surface area contributed by atoms with Crippen molar-refractivity contribution in [2.45, 2.75) is 51.9 Å². The fourth-order valence-corrected chi connectivity index (χ4v) is 4.49. The van der Waals surface area contributed by atoms with Gasteiger partial charge in [-0.15, -0.1) is 10.2 Å². The Labute approximate surface area is 204 Å². The zero-order valence-electron chi connectivity index (χ0n) is 20.2. The molecule has 0 spiro atoms. The van der Waals surface area contributed by atoms with E-state index in [1.165, 1.54) is 11.8 Å². The predicted octanol–water partition coefficient (Wildman–Crippen LogP) is 4.07. The molecular formula is C25H31N5O3S. The van der Waals surface area contributed by atoms with Crippen molar-refractivity contribution >= 4 is 29.3 Å². The molecule has 0 fully saturated rings. The first-order valence-electron chi connectivity index (χ1n) is 11.1. The molecule has 9 heteroatoms. The number of ether oxygens (including phenoxy) is 1. The third-order valence-electron chi connectivity index (χ3n) is 5.19. The lowest BCUT2D eigenvalue weighted by atomic mass is 10.1. The maximum absolute atomic E-state index is 12.5. The van der Waals surface area contributed by atoms with E-state index in [9.17, 15) is 9.59 Å². The molecule has 0 aliphatic carbocycles. The second-order valence-electron chi connectivity index (χ2n) is 8.11. The molecule has 2 aromatic carbocycles. The second kappa shape index (κ2) is 11.7. The number of nitrogens with zero attached hydrogens (tertiary/aromatic N) is 3. The molecule has 0 radical (unpaired) electrons. The number of hydrogen-bond acceptors (Lipinski definition) is 6. The number of rotatable bonds is 10. The topological polar surface area (TPSA) is 98.1 Å². The molecule has 1 unspecified atom stereocenters. The van der Waals surface area contributed by atoms with E-state index in [1.807, 2.05) is 68.7 Å². The number of aromatic nitrogens is 3. The van der Waals surface area contributed by atoms with Crippen molar-refractivity contribution in [3.8, 4) is 5.75 Å². The first kappa shape index (κ1) is 25.3. The Bertz CT molecular complexity index is 1120. The lowest BCUT2D eigenvalue weighted by Gasteiger charge is -2.15. The number of nitrogens with one attached hydrogen (secondary N) is 2. The highest BCUT2D eigenvalue weighted by Crippen LogP contribution is 2.22. The van der Waals surface area contributed by atoms with Gasteiger partial charge in [-0.25, -0.2) is 0 Å². The smallest absolute Gasteiger partial charge is 0.234 e. The van der Waals surface area contributed by atoms with Gasteiger partial charge in [0.1, 0.15) is 5.75 Å². The molecule has 1 heterocycles. The van der Waals surface area contributed by atoms with Crippen LogP contribution in [0.4, 0.5) is 5.69 Å². The van der Waals surface area contributed by atoms with Crippen LogP contribution in [0.25, 0.3) is 0 Å². The van der Waals surface area contributed by atoms with E-state index in [1.54, 1.807) is 7.11 Å². The third-order valence-corrected chi connectivity index (χ3v) is 6.15. The standard InChI is InChI=1S/C25H31N5O3S/c1-6-30-24(18(4)26-22(31)14-19-7-9-21(33-5)10-8-19)28-29-25(30)34-15-23(32)27-20-12-16(2)11-17(3)13-20/h7-13,18H,6,14-15H2,1-5H3,(H,26,31)(H,27,32). The van der Waals surface area contributed by atoms with Crippen LogP contribution in [0.15, 0.2) is 47.6 Å². The van der Waals surface area contributed by atoms with Crippen LogP contribution in [0.1, 0.15) is 42.4 Å². The maximum atomic E-state index is 12.5. The number of carbonyl (C=O) groups excluding carboxylic acids is 2. The molecular weight excluding hydrogens is 450 g/mol. The first-order chi connectivity index (χ1) is 16.3. The highest BCUT2D eigenvalue weighted by molar-refractivity contribution is 7.99. The van der Waals surface area contributed by atoms with Crippen LogP contribution in [0.5, 0.6) is 5.75 Å². The van der Waals surface area contributed by atoms with Crippen molar-refractivity contribution in [1.29, 1.82) is 0 Å². The number of benzene rings is 2. The predicted molar refractivity (Wildman–Crippen MR) is 134 cm³/mol. The third kappa shape index (κ3) is 6.84. The van der Waals surface area contributed by atoms with E-state index in [0.29, 0.717) is 17.5 Å². The Morgan fingerprint density at radius 3 is 2.35 bits per heavy atom. The van der Waals surface area contributed by atoms with E-state index < -0.39 is 0 Å². The summed E-state index contributed by atoms with van der Waals surface area (Å²) < 4.78 is 7.08. The maximum Gasteiger partial charge on any atom is 0.234 e. The molecule has 0 saturated heterocycles. The Morgan fingerprint density at radius 2 is 1.74 bits per heavy atom. The molecule has 0 saturated carbocycles. The summed E-state index contributed by atoms with van der Waals surface area (Å²) in [6.45, 7) is 8.49. The minimum atomic E-state index is -0.323. The Morgan fingerprint density at radius 1 is 1.06 bits per heavy atom. The molecule has 180 valence electrons. The van der Waals surface area contributed by atoms with Crippen molar-refractivity contribution < 1.29 is 14.3 Å². The molecule has 8 nitrogen and oxygen atoms in total. The molecule has 2 N–H and O–H groups in total. The number of amides is 2. The van der Waals surface area contributed by atoms with Crippen molar-refractivity contribution in [3.05, 3.63) is 65.0 Å². The second-order valence-corrected chi connectivity index (χ2v) is 9.05. The summed E-state index contributed by atoms with van der Waals surface area (Å²) in [7, 11) is 1.61. The zero-order valence-corrected chi connectivity index (χ0v) is 21.0. The highest BCUT2D eigenvalue weighted by Gasteiger charge is 2.20. The van der Waals surface area contributed by atoms with Crippen molar-refractivity contribution in [2.24, 2.45) is 0 Å². The number of thioether (sulfide) groups is 1. The van der Waals surface area contributed by atoms with Crippen molar-refractivity contribution in [2.75, 3.05) is 18.2 Å². The van der Waals surface area contributed by atoms with Crippen LogP contribution in [0, 0.1) is 13.8 Å².